The molecule has 148 valence electrons. The molecule has 0 aliphatic rings. The second-order valence-corrected chi connectivity index (χ2v) is 7.31. The molecule has 0 bridgehead atoms. The number of hydrogen-bond donors (Lipinski definition) is 1. The number of carboxylic acid groups (broad SMARTS) is 1. The van der Waals surface area contributed by atoms with Crippen LogP contribution in [0, 0.1) is 6.92 Å². The van der Waals surface area contributed by atoms with Gasteiger partial charge in [0.25, 0.3) is 0 Å². The van der Waals surface area contributed by atoms with Gasteiger partial charge < -0.3 is 14.6 Å². The number of rotatable bonds is 7. The first kappa shape index (κ1) is 20.6. The van der Waals surface area contributed by atoms with Crippen LogP contribution < -0.4 is 9.47 Å². The van der Waals surface area contributed by atoms with Gasteiger partial charge in [0.1, 0.15) is 6.61 Å². The predicted octanol–water partition coefficient (Wildman–Crippen LogP) is 5.79. The Kier molecular flexibility index (Phi) is 6.67. The highest BCUT2D eigenvalue weighted by Gasteiger charge is 2.08. The molecule has 3 aromatic carbocycles. The number of hydrogen-bond acceptors (Lipinski definition) is 4. The number of aromatic carboxylic acids is 1. The monoisotopic (exact) mass is 453 g/mol. The van der Waals surface area contributed by atoms with Crippen LogP contribution in [0.4, 0.5) is 5.69 Å². The first-order valence-electron chi connectivity index (χ1n) is 8.89. The second-order valence-electron chi connectivity index (χ2n) is 6.39. The van der Waals surface area contributed by atoms with Crippen molar-refractivity contribution in [2.75, 3.05) is 7.11 Å². The van der Waals surface area contributed by atoms with Crippen molar-refractivity contribution in [1.82, 2.24) is 0 Å². The molecule has 3 aromatic rings. The Labute approximate surface area is 177 Å². The van der Waals surface area contributed by atoms with Crippen molar-refractivity contribution in [2.45, 2.75) is 13.5 Å². The fourth-order valence-corrected chi connectivity index (χ4v) is 3.22. The Morgan fingerprint density at radius 1 is 1.10 bits per heavy atom. The summed E-state index contributed by atoms with van der Waals surface area (Å²) >= 11 is 3.45. The highest BCUT2D eigenvalue weighted by atomic mass is 79.9. The molecular formula is C23H20BrNO4. The van der Waals surface area contributed by atoms with E-state index in [2.05, 4.69) is 20.9 Å². The number of carbonyl (C=O) groups is 1. The number of benzene rings is 3. The van der Waals surface area contributed by atoms with Gasteiger partial charge in [-0.15, -0.1) is 0 Å². The minimum atomic E-state index is -0.964. The van der Waals surface area contributed by atoms with E-state index in [9.17, 15) is 4.79 Å². The molecule has 0 aliphatic heterocycles. The van der Waals surface area contributed by atoms with E-state index in [4.69, 9.17) is 14.6 Å². The summed E-state index contributed by atoms with van der Waals surface area (Å²) < 4.78 is 12.3. The Bertz CT molecular complexity index is 1060. The molecule has 0 unspecified atom stereocenters. The van der Waals surface area contributed by atoms with Crippen molar-refractivity contribution in [3.8, 4) is 11.5 Å². The Morgan fingerprint density at radius 2 is 1.93 bits per heavy atom. The van der Waals surface area contributed by atoms with E-state index in [0.29, 0.717) is 11.5 Å². The third kappa shape index (κ3) is 5.45. The number of nitrogens with zero attached hydrogens (tertiary/aromatic N) is 1. The maximum atomic E-state index is 11.1. The number of methoxy groups -OCH3 is 1. The summed E-state index contributed by atoms with van der Waals surface area (Å²) in [6.45, 7) is 2.25. The summed E-state index contributed by atoms with van der Waals surface area (Å²) in [5.74, 6) is 0.190. The third-order valence-electron chi connectivity index (χ3n) is 4.27. The Hall–Kier alpha value is -3.12. The van der Waals surface area contributed by atoms with Crippen LogP contribution in [0.3, 0.4) is 0 Å². The largest absolute Gasteiger partial charge is 0.493 e. The van der Waals surface area contributed by atoms with Crippen LogP contribution in [-0.2, 0) is 6.61 Å². The average molecular weight is 454 g/mol. The SMILES string of the molecule is COc1cc(C=Nc2ccc(Br)cc2C)ccc1OCc1cccc(C(=O)O)c1. The third-order valence-corrected chi connectivity index (χ3v) is 4.76. The molecule has 3 rings (SSSR count). The predicted molar refractivity (Wildman–Crippen MR) is 117 cm³/mol. The van der Waals surface area contributed by atoms with E-state index in [0.717, 1.165) is 26.9 Å². The molecule has 0 amide bonds. The van der Waals surface area contributed by atoms with Gasteiger partial charge in [-0.05, 0) is 72.1 Å². The van der Waals surface area contributed by atoms with Crippen LogP contribution in [-0.4, -0.2) is 24.4 Å². The zero-order valence-electron chi connectivity index (χ0n) is 16.1. The van der Waals surface area contributed by atoms with Crippen molar-refractivity contribution in [3.63, 3.8) is 0 Å². The number of aryl methyl sites for hydroxylation is 1. The van der Waals surface area contributed by atoms with Crippen molar-refractivity contribution in [2.24, 2.45) is 4.99 Å². The maximum Gasteiger partial charge on any atom is 0.335 e. The molecule has 0 radical (unpaired) electrons. The van der Waals surface area contributed by atoms with E-state index < -0.39 is 5.97 Å². The van der Waals surface area contributed by atoms with Crippen molar-refractivity contribution >= 4 is 33.8 Å². The lowest BCUT2D eigenvalue weighted by molar-refractivity contribution is 0.0696. The molecule has 1 N–H and O–H groups in total. The quantitative estimate of drug-likeness (QED) is 0.459. The van der Waals surface area contributed by atoms with E-state index in [1.165, 1.54) is 0 Å². The van der Waals surface area contributed by atoms with Gasteiger partial charge in [-0.1, -0.05) is 28.1 Å². The highest BCUT2D eigenvalue weighted by Crippen LogP contribution is 2.29. The van der Waals surface area contributed by atoms with E-state index >= 15 is 0 Å². The lowest BCUT2D eigenvalue weighted by Crippen LogP contribution is -2.01. The smallest absolute Gasteiger partial charge is 0.335 e. The van der Waals surface area contributed by atoms with Crippen molar-refractivity contribution in [3.05, 3.63) is 87.4 Å². The molecule has 0 atom stereocenters. The number of carboxylic acids is 1. The second kappa shape index (κ2) is 9.39. The lowest BCUT2D eigenvalue weighted by atomic mass is 10.1. The summed E-state index contributed by atoms with van der Waals surface area (Å²) in [4.78, 5) is 15.6. The standard InChI is InChI=1S/C23H20BrNO4/c1-15-10-19(24)7-8-20(15)25-13-16-6-9-21(22(12-16)28-2)29-14-17-4-3-5-18(11-17)23(26)27/h3-13H,14H2,1-2H3,(H,26,27). The summed E-state index contributed by atoms with van der Waals surface area (Å²) in [7, 11) is 1.58. The summed E-state index contributed by atoms with van der Waals surface area (Å²) in [5, 5.41) is 9.10. The molecule has 0 saturated heterocycles. The summed E-state index contributed by atoms with van der Waals surface area (Å²) in [6, 6.07) is 18.1. The molecular weight excluding hydrogens is 434 g/mol. The molecule has 0 fully saturated rings. The summed E-state index contributed by atoms with van der Waals surface area (Å²) in [6.07, 6.45) is 1.78. The van der Waals surface area contributed by atoms with Gasteiger partial charge in [0, 0.05) is 10.7 Å². The van der Waals surface area contributed by atoms with Gasteiger partial charge in [-0.25, -0.2) is 4.79 Å². The zero-order valence-corrected chi connectivity index (χ0v) is 17.6. The van der Waals surface area contributed by atoms with Gasteiger partial charge in [-0.2, -0.15) is 0 Å². The van der Waals surface area contributed by atoms with Crippen LogP contribution >= 0.6 is 15.9 Å². The first-order chi connectivity index (χ1) is 14.0. The van der Waals surface area contributed by atoms with Crippen LogP contribution in [0.2, 0.25) is 0 Å². The van der Waals surface area contributed by atoms with Crippen LogP contribution in [0.1, 0.15) is 27.0 Å². The molecule has 0 heterocycles. The molecule has 29 heavy (non-hydrogen) atoms. The molecule has 0 aliphatic carbocycles. The molecule has 5 nitrogen and oxygen atoms in total. The minimum Gasteiger partial charge on any atom is -0.493 e. The van der Waals surface area contributed by atoms with Crippen LogP contribution in [0.5, 0.6) is 11.5 Å². The van der Waals surface area contributed by atoms with E-state index in [-0.39, 0.29) is 12.2 Å². The fourth-order valence-electron chi connectivity index (χ4n) is 2.75. The lowest BCUT2D eigenvalue weighted by Gasteiger charge is -2.11. The Balaban J connectivity index is 1.74. The van der Waals surface area contributed by atoms with E-state index in [1.807, 2.05) is 49.4 Å². The molecule has 0 spiro atoms. The highest BCUT2D eigenvalue weighted by molar-refractivity contribution is 9.10. The average Bonchev–Trinajstić information content (AvgIpc) is 2.72. The molecule has 0 aromatic heterocycles. The zero-order chi connectivity index (χ0) is 20.8. The van der Waals surface area contributed by atoms with Gasteiger partial charge in [0.2, 0.25) is 0 Å². The van der Waals surface area contributed by atoms with Crippen LogP contribution in [0.15, 0.2) is 70.1 Å². The molecule has 6 heteroatoms. The topological polar surface area (TPSA) is 68.1 Å². The number of halogens is 1. The Morgan fingerprint density at radius 3 is 2.66 bits per heavy atom. The van der Waals surface area contributed by atoms with Gasteiger partial charge in [-0.3, -0.25) is 4.99 Å². The van der Waals surface area contributed by atoms with Crippen LogP contribution in [0.25, 0.3) is 0 Å². The maximum absolute atomic E-state index is 11.1. The van der Waals surface area contributed by atoms with Crippen molar-refractivity contribution in [1.29, 1.82) is 0 Å². The van der Waals surface area contributed by atoms with E-state index in [1.54, 1.807) is 31.5 Å². The number of ether oxygens (including phenoxy) is 2. The van der Waals surface area contributed by atoms with Crippen molar-refractivity contribution < 1.29 is 19.4 Å². The van der Waals surface area contributed by atoms with Gasteiger partial charge in [0.15, 0.2) is 11.5 Å². The first-order valence-corrected chi connectivity index (χ1v) is 9.69. The fraction of sp³-hybridized carbons (Fsp3) is 0.130. The normalized spacial score (nSPS) is 10.9. The number of aliphatic imine (C=N–C) groups is 1. The van der Waals surface area contributed by atoms with Gasteiger partial charge >= 0.3 is 5.97 Å². The van der Waals surface area contributed by atoms with Gasteiger partial charge in [0.05, 0.1) is 18.4 Å². The summed E-state index contributed by atoms with van der Waals surface area (Å²) in [5.41, 5.74) is 3.84. The molecule has 0 saturated carbocycles. The minimum absolute atomic E-state index is 0.229.